The Bertz CT molecular complexity index is 2670. The van der Waals surface area contributed by atoms with Crippen LogP contribution in [0.4, 0.5) is 5.82 Å². The molecular formula is C50H68N12O8S. The van der Waals surface area contributed by atoms with Gasteiger partial charge in [-0.15, -0.1) is 11.3 Å². The van der Waals surface area contributed by atoms with E-state index in [1.54, 1.807) is 31.4 Å². The van der Waals surface area contributed by atoms with Gasteiger partial charge in [-0.25, -0.2) is 19.6 Å². The molecule has 1 aromatic carbocycles. The van der Waals surface area contributed by atoms with Crippen molar-refractivity contribution in [1.29, 1.82) is 0 Å². The van der Waals surface area contributed by atoms with Crippen LogP contribution in [0.5, 0.6) is 5.75 Å². The molecule has 6 rings (SSSR count). The highest BCUT2D eigenvalue weighted by molar-refractivity contribution is 7.13. The normalized spacial score (nSPS) is 15.3. The number of benzene rings is 1. The van der Waals surface area contributed by atoms with Gasteiger partial charge in [-0.3, -0.25) is 19.2 Å². The molecule has 4 amide bonds. The summed E-state index contributed by atoms with van der Waals surface area (Å²) in [5.74, 6) is 5.65. The fourth-order valence-electron chi connectivity index (χ4n) is 8.16. The van der Waals surface area contributed by atoms with E-state index >= 15 is 0 Å². The van der Waals surface area contributed by atoms with Gasteiger partial charge in [0.25, 0.3) is 0 Å². The highest BCUT2D eigenvalue weighted by Crippen LogP contribution is 2.34. The molecule has 1 fully saturated rings. The summed E-state index contributed by atoms with van der Waals surface area (Å²) in [4.78, 5) is 69.2. The van der Waals surface area contributed by atoms with E-state index in [4.69, 9.17) is 20.1 Å². The van der Waals surface area contributed by atoms with Crippen LogP contribution in [0.1, 0.15) is 110 Å². The van der Waals surface area contributed by atoms with Crippen molar-refractivity contribution >= 4 is 51.8 Å². The van der Waals surface area contributed by atoms with Crippen molar-refractivity contribution in [3.05, 3.63) is 52.9 Å². The standard InChI is InChI=1S/C50H68N12O8S/c1-8-61-42-37(28-54-35(20-21-50(6,7)68)40(42)58-46(61)41-45(51)60-70-59-41)69-25-13-23-52-22-12-15-38(64)53-24-11-9-10-14-39(65)57-44(49(3,4)5)48(67)62-29-34(63)26-36(62)47(66)55-27-32-16-18-33(19-17-32)43-31(2)56-30-71-43/h16-19,28,30,34,36,44,52,63,68H,8-15,22-27,29H2,1-7H3,(H2,51,60)(H,53,64)(H,55,66)(H,57,65)/t34-,36+,44?/m1/s1. The third kappa shape index (κ3) is 14.8. The first kappa shape index (κ1) is 53.9. The van der Waals surface area contributed by atoms with Crippen molar-refractivity contribution in [3.8, 4) is 39.5 Å². The maximum Gasteiger partial charge on any atom is 0.246 e. The lowest BCUT2D eigenvalue weighted by molar-refractivity contribution is -0.144. The van der Waals surface area contributed by atoms with Crippen LogP contribution in [0, 0.1) is 24.2 Å². The second kappa shape index (κ2) is 24.6. The van der Waals surface area contributed by atoms with Crippen molar-refractivity contribution in [1.82, 2.24) is 56.0 Å². The number of rotatable bonds is 23. The number of unbranched alkanes of at least 4 members (excludes halogenated alkanes) is 2. The number of nitrogens with two attached hydrogens (primary N) is 1. The summed E-state index contributed by atoms with van der Waals surface area (Å²) >= 11 is 1.57. The Balaban J connectivity index is 0.857. The lowest BCUT2D eigenvalue weighted by Crippen LogP contribution is -2.57. The Kier molecular flexibility index (Phi) is 18.7. The summed E-state index contributed by atoms with van der Waals surface area (Å²) in [7, 11) is 0. The highest BCUT2D eigenvalue weighted by Gasteiger charge is 2.44. The van der Waals surface area contributed by atoms with Crippen LogP contribution in [-0.2, 0) is 32.3 Å². The van der Waals surface area contributed by atoms with Crippen LogP contribution in [0.15, 0.2) is 40.6 Å². The molecule has 0 saturated carbocycles. The van der Waals surface area contributed by atoms with Crippen molar-refractivity contribution in [2.75, 3.05) is 38.5 Å². The highest BCUT2D eigenvalue weighted by atomic mass is 32.1. The average Bonchev–Trinajstić information content (AvgIpc) is 4.14. The molecule has 20 nitrogen and oxygen atoms in total. The number of aliphatic hydroxyl groups is 2. The fourth-order valence-corrected chi connectivity index (χ4v) is 8.97. The summed E-state index contributed by atoms with van der Waals surface area (Å²) in [6, 6.07) is 6.10. The molecule has 0 spiro atoms. The molecule has 382 valence electrons. The lowest BCUT2D eigenvalue weighted by Gasteiger charge is -2.35. The number of hydrogen-bond donors (Lipinski definition) is 7. The number of nitrogens with zero attached hydrogens (tertiary/aromatic N) is 7. The van der Waals surface area contributed by atoms with Crippen LogP contribution < -0.4 is 31.7 Å². The predicted molar refractivity (Wildman–Crippen MR) is 269 cm³/mol. The second-order valence-electron chi connectivity index (χ2n) is 19.3. The zero-order valence-electron chi connectivity index (χ0n) is 41.8. The third-order valence-electron chi connectivity index (χ3n) is 11.9. The number of nitrogens with one attached hydrogen (secondary N) is 4. The number of likely N-dealkylation sites (tertiary alicyclic amines) is 1. The average molecular weight is 997 g/mol. The van der Waals surface area contributed by atoms with Crippen LogP contribution in [-0.4, -0.2) is 125 Å². The molecule has 0 radical (unpaired) electrons. The maximum atomic E-state index is 14.0. The Morgan fingerprint density at radius 1 is 0.972 bits per heavy atom. The number of fused-ring (bicyclic) bond motifs is 1. The van der Waals surface area contributed by atoms with Gasteiger partial charge in [0.15, 0.2) is 23.1 Å². The number of aromatic nitrogens is 6. The number of hydrogen-bond acceptors (Lipinski definition) is 16. The number of carbonyl (C=O) groups is 4. The molecule has 0 bridgehead atoms. The molecule has 5 heterocycles. The molecule has 21 heteroatoms. The lowest BCUT2D eigenvalue weighted by atomic mass is 9.85. The van der Waals surface area contributed by atoms with Gasteiger partial charge in [0, 0.05) is 45.4 Å². The second-order valence-corrected chi connectivity index (χ2v) is 20.2. The number of β-amino-alcohol motifs (C(OH)–C–C–N with tert-alkyl or cyclic N) is 1. The van der Waals surface area contributed by atoms with E-state index in [1.165, 1.54) is 4.90 Å². The number of aryl methyl sites for hydroxylation is 2. The molecule has 0 aliphatic carbocycles. The summed E-state index contributed by atoms with van der Waals surface area (Å²) < 4.78 is 12.9. The van der Waals surface area contributed by atoms with Gasteiger partial charge in [0.2, 0.25) is 23.6 Å². The number of ether oxygens (including phenoxy) is 1. The SMILES string of the molecule is CCn1c(-c2nonc2N)nc2c(C#CC(C)(C)O)ncc(OCCCNCCCC(=O)NCCCCCC(=O)NC(C(=O)N3C[C@H](O)C[C@H]3C(=O)NCc3ccc(-c4scnc4C)cc3)C(C)(C)C)c21. The summed E-state index contributed by atoms with van der Waals surface area (Å²) in [6.07, 6.45) is 4.71. The van der Waals surface area contributed by atoms with Gasteiger partial charge in [-0.2, -0.15) is 0 Å². The van der Waals surface area contributed by atoms with E-state index in [2.05, 4.69) is 53.4 Å². The van der Waals surface area contributed by atoms with E-state index in [-0.39, 0.29) is 55.2 Å². The summed E-state index contributed by atoms with van der Waals surface area (Å²) in [5.41, 5.74) is 10.6. The Labute approximate surface area is 418 Å². The van der Waals surface area contributed by atoms with E-state index in [9.17, 15) is 29.4 Å². The number of imidazole rings is 1. The number of nitrogen functional groups attached to an aromatic ring is 1. The largest absolute Gasteiger partial charge is 0.490 e. The smallest absolute Gasteiger partial charge is 0.246 e. The minimum Gasteiger partial charge on any atom is -0.490 e. The van der Waals surface area contributed by atoms with Crippen LogP contribution >= 0.6 is 11.3 Å². The van der Waals surface area contributed by atoms with Gasteiger partial charge in [0.05, 0.1) is 35.0 Å². The molecular weight excluding hydrogens is 929 g/mol. The minimum absolute atomic E-state index is 0.000590. The molecule has 71 heavy (non-hydrogen) atoms. The number of pyridine rings is 1. The Morgan fingerprint density at radius 3 is 2.39 bits per heavy atom. The first-order chi connectivity index (χ1) is 33.8. The van der Waals surface area contributed by atoms with Crippen molar-refractivity contribution in [2.45, 2.75) is 137 Å². The molecule has 1 aliphatic rings. The number of thiazole rings is 1. The molecule has 1 saturated heterocycles. The maximum absolute atomic E-state index is 14.0. The fraction of sp³-hybridized carbons (Fsp3) is 0.540. The van der Waals surface area contributed by atoms with Crippen molar-refractivity contribution < 1.29 is 38.8 Å². The van der Waals surface area contributed by atoms with Crippen molar-refractivity contribution in [3.63, 3.8) is 0 Å². The first-order valence-electron chi connectivity index (χ1n) is 24.2. The van der Waals surface area contributed by atoms with Gasteiger partial charge >= 0.3 is 0 Å². The molecule has 5 aromatic rings. The van der Waals surface area contributed by atoms with E-state index in [0.717, 1.165) is 21.7 Å². The zero-order valence-corrected chi connectivity index (χ0v) is 42.6. The third-order valence-corrected chi connectivity index (χ3v) is 12.9. The molecule has 8 N–H and O–H groups in total. The zero-order chi connectivity index (χ0) is 51.3. The van der Waals surface area contributed by atoms with Gasteiger partial charge in [-0.05, 0) is 99.2 Å². The topological polar surface area (TPSA) is 278 Å². The van der Waals surface area contributed by atoms with Crippen molar-refractivity contribution in [2.24, 2.45) is 5.41 Å². The first-order valence-corrected chi connectivity index (χ1v) is 25.1. The number of anilines is 1. The van der Waals surface area contributed by atoms with Gasteiger partial charge < -0.3 is 51.4 Å². The van der Waals surface area contributed by atoms with E-state index in [1.807, 2.05) is 69.0 Å². The van der Waals surface area contributed by atoms with Gasteiger partial charge in [0.1, 0.15) is 34.4 Å². The summed E-state index contributed by atoms with van der Waals surface area (Å²) in [5, 5.41) is 40.6. The Morgan fingerprint density at radius 2 is 1.72 bits per heavy atom. The molecule has 3 atom stereocenters. The van der Waals surface area contributed by atoms with Crippen LogP contribution in [0.25, 0.3) is 33.0 Å². The van der Waals surface area contributed by atoms with E-state index < -0.39 is 35.1 Å². The van der Waals surface area contributed by atoms with Gasteiger partial charge in [-0.1, -0.05) is 57.4 Å². The molecule has 1 unspecified atom stereocenters. The minimum atomic E-state index is -1.24. The van der Waals surface area contributed by atoms with Crippen LogP contribution in [0.3, 0.4) is 0 Å². The van der Waals surface area contributed by atoms with Crippen LogP contribution in [0.2, 0.25) is 0 Å². The Hall–Kier alpha value is -6.47. The number of aliphatic hydroxyl groups excluding tert-OH is 1. The number of carbonyl (C=O) groups excluding carboxylic acids is 4. The molecule has 4 aromatic heterocycles. The van der Waals surface area contributed by atoms with E-state index in [0.29, 0.717) is 99.6 Å². The monoisotopic (exact) mass is 997 g/mol. The number of amides is 4. The predicted octanol–water partition coefficient (Wildman–Crippen LogP) is 4.26. The quantitative estimate of drug-likeness (QED) is 0.0356. The molecule has 1 aliphatic heterocycles. The summed E-state index contributed by atoms with van der Waals surface area (Å²) in [6.45, 7) is 15.6.